The third-order valence-electron chi connectivity index (χ3n) is 3.60. The first-order chi connectivity index (χ1) is 12.3. The van der Waals surface area contributed by atoms with Crippen LogP contribution in [0, 0.1) is 5.41 Å². The third-order valence-corrected chi connectivity index (χ3v) is 3.60. The largest absolute Gasteiger partial charge is 0.573 e. The fourth-order valence-corrected chi connectivity index (χ4v) is 2.05. The van der Waals surface area contributed by atoms with E-state index in [2.05, 4.69) is 14.8 Å². The molecule has 0 unspecified atom stereocenters. The number of aliphatic hydroxyl groups is 1. The van der Waals surface area contributed by atoms with Crippen LogP contribution in [0.5, 0.6) is 5.75 Å². The second-order valence-corrected chi connectivity index (χ2v) is 6.92. The first-order valence-electron chi connectivity index (χ1n) is 8.01. The molecule has 0 aliphatic heterocycles. The van der Waals surface area contributed by atoms with Crippen molar-refractivity contribution in [2.24, 2.45) is 5.41 Å². The summed E-state index contributed by atoms with van der Waals surface area (Å²) in [4.78, 5) is 12.1. The Morgan fingerprint density at radius 2 is 1.85 bits per heavy atom. The van der Waals surface area contributed by atoms with Gasteiger partial charge in [0.05, 0.1) is 25.2 Å². The van der Waals surface area contributed by atoms with Gasteiger partial charge >= 0.3 is 13.0 Å². The monoisotopic (exact) mass is 399 g/mol. The Kier molecular flexibility index (Phi) is 7.97. The molecule has 1 amide bonds. The van der Waals surface area contributed by atoms with Crippen LogP contribution in [0.4, 0.5) is 22.0 Å². The Hall–Kier alpha value is -1.94. The lowest BCUT2D eigenvalue weighted by Gasteiger charge is -2.26. The number of carbonyl (C=O) groups is 1. The first-order valence-corrected chi connectivity index (χ1v) is 8.01. The standard InChI is InChI=1S/C17H22F5NO4/c1-16(2,3)13(24)8-14(25)23-12(9-26-15(18)19)10-5-4-6-11(7-10)27-17(20,21)22/h4-7,12-13,15,24H,8-9H2,1-3H3,(H,23,25)/t12-,13-/m0/s1. The highest BCUT2D eigenvalue weighted by Gasteiger charge is 2.31. The second kappa shape index (κ2) is 9.32. The number of hydrogen-bond donors (Lipinski definition) is 2. The molecule has 0 aliphatic rings. The summed E-state index contributed by atoms with van der Waals surface area (Å²) in [5.41, 5.74) is -0.511. The number of hydrogen-bond acceptors (Lipinski definition) is 4. The number of amides is 1. The molecule has 0 radical (unpaired) electrons. The van der Waals surface area contributed by atoms with Gasteiger partial charge in [-0.2, -0.15) is 8.78 Å². The molecule has 0 saturated heterocycles. The van der Waals surface area contributed by atoms with Crippen molar-refractivity contribution in [1.82, 2.24) is 5.32 Å². The Labute approximate surface area is 153 Å². The SMILES string of the molecule is CC(C)(C)[C@@H](O)CC(=O)N[C@@H](COC(F)F)c1cccc(OC(F)(F)F)c1. The van der Waals surface area contributed by atoms with E-state index < -0.39 is 48.8 Å². The lowest BCUT2D eigenvalue weighted by molar-refractivity contribution is -0.274. The Bertz CT molecular complexity index is 616. The van der Waals surface area contributed by atoms with E-state index in [9.17, 15) is 31.9 Å². The molecule has 10 heteroatoms. The maximum Gasteiger partial charge on any atom is 0.573 e. The summed E-state index contributed by atoms with van der Waals surface area (Å²) in [6.45, 7) is 1.32. The fraction of sp³-hybridized carbons (Fsp3) is 0.588. The van der Waals surface area contributed by atoms with E-state index in [-0.39, 0.29) is 12.0 Å². The second-order valence-electron chi connectivity index (χ2n) is 6.92. The van der Waals surface area contributed by atoms with Crippen LogP contribution < -0.4 is 10.1 Å². The van der Waals surface area contributed by atoms with Crippen LogP contribution >= 0.6 is 0 Å². The number of nitrogens with one attached hydrogen (secondary N) is 1. The zero-order chi connectivity index (χ0) is 20.8. The van der Waals surface area contributed by atoms with Crippen LogP contribution in [-0.2, 0) is 9.53 Å². The molecule has 5 nitrogen and oxygen atoms in total. The number of alkyl halides is 5. The highest BCUT2D eigenvalue weighted by atomic mass is 19.4. The molecule has 0 saturated carbocycles. The highest BCUT2D eigenvalue weighted by molar-refractivity contribution is 5.77. The van der Waals surface area contributed by atoms with Gasteiger partial charge in [0.15, 0.2) is 0 Å². The Morgan fingerprint density at radius 1 is 1.22 bits per heavy atom. The minimum Gasteiger partial charge on any atom is -0.406 e. The smallest absolute Gasteiger partial charge is 0.406 e. The van der Waals surface area contributed by atoms with E-state index in [1.165, 1.54) is 12.1 Å². The molecule has 0 heterocycles. The minimum absolute atomic E-state index is 0.0796. The van der Waals surface area contributed by atoms with Crippen LogP contribution in [0.25, 0.3) is 0 Å². The van der Waals surface area contributed by atoms with Crippen LogP contribution in [0.1, 0.15) is 38.8 Å². The quantitative estimate of drug-likeness (QED) is 0.653. The van der Waals surface area contributed by atoms with Crippen LogP contribution in [0.2, 0.25) is 0 Å². The fourth-order valence-electron chi connectivity index (χ4n) is 2.05. The van der Waals surface area contributed by atoms with Crippen molar-refractivity contribution in [3.05, 3.63) is 29.8 Å². The molecule has 2 N–H and O–H groups in total. The van der Waals surface area contributed by atoms with Gasteiger partial charge in [-0.05, 0) is 23.1 Å². The van der Waals surface area contributed by atoms with E-state index >= 15 is 0 Å². The summed E-state index contributed by atoms with van der Waals surface area (Å²) in [5, 5.41) is 12.4. The summed E-state index contributed by atoms with van der Waals surface area (Å²) >= 11 is 0. The van der Waals surface area contributed by atoms with Crippen LogP contribution in [0.15, 0.2) is 24.3 Å². The van der Waals surface area contributed by atoms with Crippen molar-refractivity contribution in [1.29, 1.82) is 0 Å². The van der Waals surface area contributed by atoms with Gasteiger partial charge in [-0.15, -0.1) is 13.2 Å². The Balaban J connectivity index is 2.94. The molecular weight excluding hydrogens is 377 g/mol. The van der Waals surface area contributed by atoms with Crippen molar-refractivity contribution < 1.29 is 41.3 Å². The molecule has 1 aromatic rings. The summed E-state index contributed by atoms with van der Waals surface area (Å²) < 4.78 is 69.8. The van der Waals surface area contributed by atoms with Crippen molar-refractivity contribution >= 4 is 5.91 Å². The van der Waals surface area contributed by atoms with Crippen LogP contribution in [-0.4, -0.2) is 36.7 Å². The minimum atomic E-state index is -4.92. The van der Waals surface area contributed by atoms with Crippen molar-refractivity contribution in [2.45, 2.75) is 52.3 Å². The highest BCUT2D eigenvalue weighted by Crippen LogP contribution is 2.27. The summed E-state index contributed by atoms with van der Waals surface area (Å²) in [7, 11) is 0. The van der Waals surface area contributed by atoms with Crippen molar-refractivity contribution in [2.75, 3.05) is 6.61 Å². The lowest BCUT2D eigenvalue weighted by Crippen LogP contribution is -2.37. The van der Waals surface area contributed by atoms with Gasteiger partial charge in [0.2, 0.25) is 5.91 Å². The average molecular weight is 399 g/mol. The zero-order valence-corrected chi connectivity index (χ0v) is 15.0. The topological polar surface area (TPSA) is 67.8 Å². The number of rotatable bonds is 8. The molecule has 154 valence electrons. The molecule has 0 bridgehead atoms. The molecule has 1 rings (SSSR count). The van der Waals surface area contributed by atoms with Gasteiger partial charge in [0, 0.05) is 0 Å². The number of carbonyl (C=O) groups excluding carboxylic acids is 1. The summed E-state index contributed by atoms with van der Waals surface area (Å²) in [5.74, 6) is -1.23. The van der Waals surface area contributed by atoms with Gasteiger partial charge < -0.3 is 19.9 Å². The van der Waals surface area contributed by atoms with Crippen LogP contribution in [0.3, 0.4) is 0 Å². The number of halogens is 5. The maximum atomic E-state index is 12.4. The zero-order valence-electron chi connectivity index (χ0n) is 15.0. The molecular formula is C17H22F5NO4. The van der Waals surface area contributed by atoms with E-state index in [1.54, 1.807) is 20.8 Å². The normalized spacial score (nSPS) is 14.7. The lowest BCUT2D eigenvalue weighted by atomic mass is 9.87. The Morgan fingerprint density at radius 3 is 2.37 bits per heavy atom. The van der Waals surface area contributed by atoms with E-state index in [4.69, 9.17) is 0 Å². The van der Waals surface area contributed by atoms with E-state index in [0.29, 0.717) is 0 Å². The van der Waals surface area contributed by atoms with E-state index in [1.807, 2.05) is 0 Å². The van der Waals surface area contributed by atoms with Gasteiger partial charge in [0.25, 0.3) is 0 Å². The van der Waals surface area contributed by atoms with Gasteiger partial charge in [-0.25, -0.2) is 0 Å². The molecule has 27 heavy (non-hydrogen) atoms. The number of ether oxygens (including phenoxy) is 2. The molecule has 1 aromatic carbocycles. The third kappa shape index (κ3) is 9.00. The predicted octanol–water partition coefficient (Wildman–Crippen LogP) is 3.78. The molecule has 0 fully saturated rings. The van der Waals surface area contributed by atoms with Crippen molar-refractivity contribution in [3.63, 3.8) is 0 Å². The molecule has 2 atom stereocenters. The van der Waals surface area contributed by atoms with Gasteiger partial charge in [0.1, 0.15) is 5.75 Å². The predicted molar refractivity (Wildman–Crippen MR) is 86.0 cm³/mol. The first kappa shape index (κ1) is 23.1. The van der Waals surface area contributed by atoms with Crippen molar-refractivity contribution in [3.8, 4) is 5.75 Å². The molecule has 0 spiro atoms. The maximum absolute atomic E-state index is 12.4. The number of aliphatic hydroxyl groups excluding tert-OH is 1. The van der Waals surface area contributed by atoms with Gasteiger partial charge in [-0.3, -0.25) is 4.79 Å². The average Bonchev–Trinajstić information content (AvgIpc) is 2.48. The summed E-state index contributed by atoms with van der Waals surface area (Å²) in [6, 6.07) is 3.40. The number of benzene rings is 1. The molecule has 0 aliphatic carbocycles. The van der Waals surface area contributed by atoms with E-state index in [0.717, 1.165) is 12.1 Å². The van der Waals surface area contributed by atoms with Gasteiger partial charge in [-0.1, -0.05) is 32.9 Å². The summed E-state index contributed by atoms with van der Waals surface area (Å²) in [6.07, 6.45) is -6.24. The molecule has 0 aromatic heterocycles.